The topological polar surface area (TPSA) is 75.0 Å². The summed E-state index contributed by atoms with van der Waals surface area (Å²) in [6.07, 6.45) is 3.49. The van der Waals surface area contributed by atoms with Crippen LogP contribution >= 0.6 is 0 Å². The monoisotopic (exact) mass is 258 g/mol. The molecule has 100 valence electrons. The Morgan fingerprint density at radius 2 is 2.00 bits per heavy atom. The van der Waals surface area contributed by atoms with Crippen LogP contribution in [-0.2, 0) is 0 Å². The van der Waals surface area contributed by atoms with Gasteiger partial charge in [-0.2, -0.15) is 5.10 Å². The standard InChI is InChI=1S/C14H18N4O/c1-3-18(4-2)14(19)11-5-10(6-13(15)7-11)12-8-16-17-9-12/h5-9H,3-4,15H2,1-2H3,(H,16,17). The Morgan fingerprint density at radius 3 is 2.58 bits per heavy atom. The summed E-state index contributed by atoms with van der Waals surface area (Å²) in [6, 6.07) is 5.40. The Bertz CT molecular complexity index is 559. The lowest BCUT2D eigenvalue weighted by Crippen LogP contribution is -2.30. The average Bonchev–Trinajstić information content (AvgIpc) is 2.93. The van der Waals surface area contributed by atoms with Crippen molar-refractivity contribution in [2.75, 3.05) is 18.8 Å². The van der Waals surface area contributed by atoms with Gasteiger partial charge in [0.05, 0.1) is 6.20 Å². The van der Waals surface area contributed by atoms with Crippen molar-refractivity contribution in [1.82, 2.24) is 15.1 Å². The van der Waals surface area contributed by atoms with E-state index in [2.05, 4.69) is 10.2 Å². The smallest absolute Gasteiger partial charge is 0.253 e. The lowest BCUT2D eigenvalue weighted by Gasteiger charge is -2.19. The molecule has 1 aromatic heterocycles. The van der Waals surface area contributed by atoms with Crippen molar-refractivity contribution in [2.45, 2.75) is 13.8 Å². The Morgan fingerprint density at radius 1 is 1.26 bits per heavy atom. The number of aromatic amines is 1. The summed E-state index contributed by atoms with van der Waals surface area (Å²) in [4.78, 5) is 14.1. The minimum Gasteiger partial charge on any atom is -0.399 e. The third-order valence-corrected chi connectivity index (χ3v) is 3.08. The molecule has 0 aliphatic rings. The minimum atomic E-state index is 0.00189. The molecular weight excluding hydrogens is 240 g/mol. The van der Waals surface area contributed by atoms with E-state index in [0.29, 0.717) is 24.3 Å². The van der Waals surface area contributed by atoms with Gasteiger partial charge in [0.1, 0.15) is 0 Å². The van der Waals surface area contributed by atoms with Gasteiger partial charge in [0.15, 0.2) is 0 Å². The second kappa shape index (κ2) is 5.56. The maximum absolute atomic E-state index is 12.3. The number of benzene rings is 1. The number of rotatable bonds is 4. The Hall–Kier alpha value is -2.30. The molecule has 19 heavy (non-hydrogen) atoms. The highest BCUT2D eigenvalue weighted by Gasteiger charge is 2.14. The number of amides is 1. The quantitative estimate of drug-likeness (QED) is 0.825. The van der Waals surface area contributed by atoms with Crippen LogP contribution in [0.1, 0.15) is 24.2 Å². The van der Waals surface area contributed by atoms with Crippen LogP contribution in [0.3, 0.4) is 0 Å². The van der Waals surface area contributed by atoms with Crippen LogP contribution < -0.4 is 5.73 Å². The normalized spacial score (nSPS) is 10.4. The van der Waals surface area contributed by atoms with Gasteiger partial charge in [0.25, 0.3) is 5.91 Å². The lowest BCUT2D eigenvalue weighted by molar-refractivity contribution is 0.0773. The highest BCUT2D eigenvalue weighted by molar-refractivity contribution is 5.96. The minimum absolute atomic E-state index is 0.00189. The van der Waals surface area contributed by atoms with Crippen molar-refractivity contribution in [3.05, 3.63) is 36.2 Å². The summed E-state index contributed by atoms with van der Waals surface area (Å²) in [5.41, 5.74) is 8.88. The van der Waals surface area contributed by atoms with E-state index in [9.17, 15) is 4.79 Å². The van der Waals surface area contributed by atoms with Gasteiger partial charge in [-0.15, -0.1) is 0 Å². The number of anilines is 1. The first-order chi connectivity index (χ1) is 9.15. The number of nitrogens with zero attached hydrogens (tertiary/aromatic N) is 2. The molecule has 2 aromatic rings. The molecule has 1 amide bonds. The predicted molar refractivity (Wildman–Crippen MR) is 75.7 cm³/mol. The second-order valence-electron chi connectivity index (χ2n) is 4.31. The molecule has 5 heteroatoms. The highest BCUT2D eigenvalue weighted by atomic mass is 16.2. The zero-order valence-electron chi connectivity index (χ0n) is 11.2. The zero-order valence-corrected chi connectivity index (χ0v) is 11.2. The van der Waals surface area contributed by atoms with Crippen LogP contribution in [0, 0.1) is 0 Å². The molecule has 0 bridgehead atoms. The third kappa shape index (κ3) is 2.76. The second-order valence-corrected chi connectivity index (χ2v) is 4.31. The van der Waals surface area contributed by atoms with Gasteiger partial charge in [-0.05, 0) is 37.6 Å². The maximum Gasteiger partial charge on any atom is 0.253 e. The molecule has 0 atom stereocenters. The van der Waals surface area contributed by atoms with Gasteiger partial charge < -0.3 is 10.6 Å². The zero-order chi connectivity index (χ0) is 13.8. The summed E-state index contributed by atoms with van der Waals surface area (Å²) >= 11 is 0. The molecule has 0 fully saturated rings. The van der Waals surface area contributed by atoms with Crippen LogP contribution in [0.2, 0.25) is 0 Å². The van der Waals surface area contributed by atoms with E-state index in [-0.39, 0.29) is 5.91 Å². The molecular formula is C14H18N4O. The third-order valence-electron chi connectivity index (χ3n) is 3.08. The summed E-state index contributed by atoms with van der Waals surface area (Å²) in [5, 5.41) is 6.66. The van der Waals surface area contributed by atoms with Crippen molar-refractivity contribution < 1.29 is 4.79 Å². The van der Waals surface area contributed by atoms with Crippen LogP contribution in [-0.4, -0.2) is 34.1 Å². The average molecular weight is 258 g/mol. The number of nitrogens with one attached hydrogen (secondary N) is 1. The van der Waals surface area contributed by atoms with E-state index in [1.807, 2.05) is 26.0 Å². The number of H-pyrrole nitrogens is 1. The molecule has 1 heterocycles. The summed E-state index contributed by atoms with van der Waals surface area (Å²) in [6.45, 7) is 5.30. The van der Waals surface area contributed by atoms with Gasteiger partial charge in [-0.25, -0.2) is 0 Å². The lowest BCUT2D eigenvalue weighted by atomic mass is 10.0. The molecule has 0 radical (unpaired) electrons. The SMILES string of the molecule is CCN(CC)C(=O)c1cc(N)cc(-c2cn[nH]c2)c1. The van der Waals surface area contributed by atoms with Crippen molar-refractivity contribution in [3.8, 4) is 11.1 Å². The van der Waals surface area contributed by atoms with Crippen molar-refractivity contribution in [1.29, 1.82) is 0 Å². The first kappa shape index (κ1) is 13.1. The van der Waals surface area contributed by atoms with Crippen LogP contribution in [0.15, 0.2) is 30.6 Å². The number of hydrogen-bond acceptors (Lipinski definition) is 3. The molecule has 0 saturated carbocycles. The fourth-order valence-electron chi connectivity index (χ4n) is 2.04. The first-order valence-electron chi connectivity index (χ1n) is 6.34. The van der Waals surface area contributed by atoms with E-state index in [0.717, 1.165) is 11.1 Å². The number of nitrogen functional groups attached to an aromatic ring is 1. The van der Waals surface area contributed by atoms with Gasteiger partial charge in [-0.1, -0.05) is 0 Å². The van der Waals surface area contributed by atoms with Crippen LogP contribution in [0.5, 0.6) is 0 Å². The number of nitrogens with two attached hydrogens (primary N) is 1. The number of hydrogen-bond donors (Lipinski definition) is 2. The molecule has 3 N–H and O–H groups in total. The first-order valence-corrected chi connectivity index (χ1v) is 6.34. The molecule has 1 aromatic carbocycles. The number of aromatic nitrogens is 2. The number of carbonyl (C=O) groups excluding carboxylic acids is 1. The van der Waals surface area contributed by atoms with E-state index < -0.39 is 0 Å². The molecule has 0 unspecified atom stereocenters. The van der Waals surface area contributed by atoms with E-state index in [1.165, 1.54) is 0 Å². The fourth-order valence-corrected chi connectivity index (χ4v) is 2.04. The number of carbonyl (C=O) groups is 1. The molecule has 5 nitrogen and oxygen atoms in total. The molecule has 2 rings (SSSR count). The van der Waals surface area contributed by atoms with Gasteiger partial charge in [-0.3, -0.25) is 9.89 Å². The van der Waals surface area contributed by atoms with E-state index >= 15 is 0 Å². The van der Waals surface area contributed by atoms with Gasteiger partial charge in [0.2, 0.25) is 0 Å². The Kier molecular flexibility index (Phi) is 3.85. The van der Waals surface area contributed by atoms with E-state index in [1.54, 1.807) is 23.4 Å². The summed E-state index contributed by atoms with van der Waals surface area (Å²) in [5.74, 6) is 0.00189. The fraction of sp³-hybridized carbons (Fsp3) is 0.286. The summed E-state index contributed by atoms with van der Waals surface area (Å²) < 4.78 is 0. The van der Waals surface area contributed by atoms with Crippen LogP contribution in [0.25, 0.3) is 11.1 Å². The maximum atomic E-state index is 12.3. The Balaban J connectivity index is 2.39. The van der Waals surface area contributed by atoms with Crippen molar-refractivity contribution >= 4 is 11.6 Å². The van der Waals surface area contributed by atoms with E-state index in [4.69, 9.17) is 5.73 Å². The molecule has 0 aliphatic heterocycles. The Labute approximate surface area is 112 Å². The summed E-state index contributed by atoms with van der Waals surface area (Å²) in [7, 11) is 0. The van der Waals surface area contributed by atoms with Crippen molar-refractivity contribution in [2.24, 2.45) is 0 Å². The largest absolute Gasteiger partial charge is 0.399 e. The molecule has 0 saturated heterocycles. The van der Waals surface area contributed by atoms with Gasteiger partial charge >= 0.3 is 0 Å². The molecule has 0 spiro atoms. The predicted octanol–water partition coefficient (Wildman–Crippen LogP) is 2.14. The van der Waals surface area contributed by atoms with Crippen molar-refractivity contribution in [3.63, 3.8) is 0 Å². The van der Waals surface area contributed by atoms with Crippen LogP contribution in [0.4, 0.5) is 5.69 Å². The van der Waals surface area contributed by atoms with Gasteiger partial charge in [0, 0.05) is 36.1 Å². The molecule has 0 aliphatic carbocycles. The highest BCUT2D eigenvalue weighted by Crippen LogP contribution is 2.23.